The Balaban J connectivity index is 3.01. The highest BCUT2D eigenvalue weighted by Gasteiger charge is 2.30. The van der Waals surface area contributed by atoms with E-state index in [1.807, 2.05) is 6.92 Å². The maximum absolute atomic E-state index is 12.3. The fourth-order valence-corrected chi connectivity index (χ4v) is 1.20. The Bertz CT molecular complexity index is 381. The minimum absolute atomic E-state index is 0.333. The summed E-state index contributed by atoms with van der Waals surface area (Å²) in [6.07, 6.45) is -1.98. The lowest BCUT2D eigenvalue weighted by atomic mass is 10.2. The number of nitrogens with zero attached hydrogens (tertiary/aromatic N) is 1. The molecule has 0 amide bonds. The number of aromatic nitrogens is 1. The molecule has 0 saturated heterocycles. The lowest BCUT2D eigenvalue weighted by Gasteiger charge is -2.09. The average Bonchev–Trinajstić information content (AvgIpc) is 2.15. The molecule has 1 aromatic heterocycles. The summed E-state index contributed by atoms with van der Waals surface area (Å²) in [6.45, 7) is 2.25. The lowest BCUT2D eigenvalue weighted by Crippen LogP contribution is -2.21. The molecule has 0 aliphatic heterocycles. The van der Waals surface area contributed by atoms with Gasteiger partial charge in [0.15, 0.2) is 0 Å². The number of halogens is 3. The van der Waals surface area contributed by atoms with Crippen molar-refractivity contribution in [1.82, 2.24) is 4.57 Å². The van der Waals surface area contributed by atoms with E-state index in [0.29, 0.717) is 13.0 Å². The summed E-state index contributed by atoms with van der Waals surface area (Å²) in [7, 11) is 0. The first-order valence-electron chi connectivity index (χ1n) is 4.73. The number of rotatable bonds is 3. The number of hydrogen-bond donors (Lipinski definition) is 0. The van der Waals surface area contributed by atoms with Crippen LogP contribution in [0.15, 0.2) is 23.1 Å². The van der Waals surface area contributed by atoms with Gasteiger partial charge in [0.05, 0.1) is 5.56 Å². The molecule has 0 saturated carbocycles. The number of hydrogen-bond acceptors (Lipinski definition) is 1. The standard InChI is InChI=1S/C10H12F3NO/c1-2-3-6-14-7-8(10(11,12)13)4-5-9(14)15/h4-5,7H,2-3,6H2,1H3. The zero-order chi connectivity index (χ0) is 11.5. The second kappa shape index (κ2) is 4.51. The van der Waals surface area contributed by atoms with E-state index in [-0.39, 0.29) is 0 Å². The molecule has 84 valence electrons. The highest BCUT2D eigenvalue weighted by molar-refractivity contribution is 5.13. The maximum atomic E-state index is 12.3. The summed E-state index contributed by atoms with van der Waals surface area (Å²) in [5.41, 5.74) is -1.17. The number of unbranched alkanes of at least 4 members (excludes halogenated alkanes) is 1. The summed E-state index contributed by atoms with van der Waals surface area (Å²) in [5.74, 6) is 0. The molecule has 0 spiro atoms. The quantitative estimate of drug-likeness (QED) is 0.766. The molecule has 0 aromatic carbocycles. The van der Waals surface area contributed by atoms with E-state index in [0.717, 1.165) is 29.3 Å². The van der Waals surface area contributed by atoms with Crippen LogP contribution < -0.4 is 5.56 Å². The Morgan fingerprint density at radius 3 is 2.53 bits per heavy atom. The summed E-state index contributed by atoms with van der Waals surface area (Å²) >= 11 is 0. The van der Waals surface area contributed by atoms with E-state index in [9.17, 15) is 18.0 Å². The van der Waals surface area contributed by atoms with Gasteiger partial charge in [0.25, 0.3) is 5.56 Å². The summed E-state index contributed by atoms with van der Waals surface area (Å²) in [4.78, 5) is 11.2. The Morgan fingerprint density at radius 1 is 1.33 bits per heavy atom. The molecule has 1 rings (SSSR count). The van der Waals surface area contributed by atoms with Crippen LogP contribution >= 0.6 is 0 Å². The van der Waals surface area contributed by atoms with Gasteiger partial charge in [-0.1, -0.05) is 13.3 Å². The van der Waals surface area contributed by atoms with Crippen LogP contribution in [0, 0.1) is 0 Å². The Hall–Kier alpha value is -1.26. The van der Waals surface area contributed by atoms with Crippen molar-refractivity contribution in [2.45, 2.75) is 32.5 Å². The topological polar surface area (TPSA) is 22.0 Å². The third kappa shape index (κ3) is 3.11. The summed E-state index contributed by atoms with van der Waals surface area (Å²) < 4.78 is 38.0. The predicted molar refractivity (Wildman–Crippen MR) is 50.6 cm³/mol. The van der Waals surface area contributed by atoms with Crippen LogP contribution in [0.3, 0.4) is 0 Å². The summed E-state index contributed by atoms with van der Waals surface area (Å²) in [5, 5.41) is 0. The van der Waals surface area contributed by atoms with Gasteiger partial charge in [-0.15, -0.1) is 0 Å². The molecule has 0 radical (unpaired) electrons. The zero-order valence-electron chi connectivity index (χ0n) is 8.34. The van der Waals surface area contributed by atoms with Crippen molar-refractivity contribution < 1.29 is 13.2 Å². The van der Waals surface area contributed by atoms with Crippen LogP contribution in [0.5, 0.6) is 0 Å². The minimum atomic E-state index is -4.39. The van der Waals surface area contributed by atoms with Gasteiger partial charge in [0, 0.05) is 18.8 Å². The van der Waals surface area contributed by atoms with Crippen molar-refractivity contribution in [1.29, 1.82) is 0 Å². The molecule has 1 heterocycles. The van der Waals surface area contributed by atoms with Gasteiger partial charge in [-0.3, -0.25) is 4.79 Å². The van der Waals surface area contributed by atoms with E-state index in [1.54, 1.807) is 0 Å². The normalized spacial score (nSPS) is 11.7. The van der Waals surface area contributed by atoms with Gasteiger partial charge in [-0.25, -0.2) is 0 Å². The largest absolute Gasteiger partial charge is 0.417 e. The van der Waals surface area contributed by atoms with E-state index in [1.165, 1.54) is 0 Å². The summed E-state index contributed by atoms with van der Waals surface area (Å²) in [6, 6.07) is 1.77. The smallest absolute Gasteiger partial charge is 0.315 e. The average molecular weight is 219 g/mol. The Labute approximate surface area is 85.3 Å². The molecule has 0 fully saturated rings. The lowest BCUT2D eigenvalue weighted by molar-refractivity contribution is -0.138. The molecule has 0 bridgehead atoms. The van der Waals surface area contributed by atoms with Crippen LogP contribution in [0.25, 0.3) is 0 Å². The van der Waals surface area contributed by atoms with E-state index in [2.05, 4.69) is 0 Å². The molecule has 0 atom stereocenters. The second-order valence-electron chi connectivity index (χ2n) is 3.30. The fourth-order valence-electron chi connectivity index (χ4n) is 1.20. The predicted octanol–water partition coefficient (Wildman–Crippen LogP) is 2.67. The fraction of sp³-hybridized carbons (Fsp3) is 0.500. The first-order chi connectivity index (χ1) is 6.95. The minimum Gasteiger partial charge on any atom is -0.315 e. The zero-order valence-corrected chi connectivity index (χ0v) is 8.34. The van der Waals surface area contributed by atoms with E-state index in [4.69, 9.17) is 0 Å². The van der Waals surface area contributed by atoms with Crippen molar-refractivity contribution >= 4 is 0 Å². The molecule has 2 nitrogen and oxygen atoms in total. The van der Waals surface area contributed by atoms with Gasteiger partial charge in [0.1, 0.15) is 0 Å². The first kappa shape index (κ1) is 11.8. The highest BCUT2D eigenvalue weighted by atomic mass is 19.4. The molecular weight excluding hydrogens is 207 g/mol. The third-order valence-electron chi connectivity index (χ3n) is 2.06. The number of pyridine rings is 1. The second-order valence-corrected chi connectivity index (χ2v) is 3.30. The maximum Gasteiger partial charge on any atom is 0.417 e. The Kier molecular flexibility index (Phi) is 3.55. The number of alkyl halides is 3. The highest BCUT2D eigenvalue weighted by Crippen LogP contribution is 2.27. The molecule has 0 N–H and O–H groups in total. The molecule has 0 unspecified atom stereocenters. The molecule has 5 heteroatoms. The van der Waals surface area contributed by atoms with Gasteiger partial charge in [-0.05, 0) is 12.5 Å². The van der Waals surface area contributed by atoms with Gasteiger partial charge in [0.2, 0.25) is 0 Å². The molecule has 0 aliphatic rings. The monoisotopic (exact) mass is 219 g/mol. The van der Waals surface area contributed by atoms with E-state index >= 15 is 0 Å². The van der Waals surface area contributed by atoms with Crippen molar-refractivity contribution in [2.24, 2.45) is 0 Å². The van der Waals surface area contributed by atoms with Crippen molar-refractivity contribution in [3.05, 3.63) is 34.2 Å². The van der Waals surface area contributed by atoms with Crippen LogP contribution in [0.2, 0.25) is 0 Å². The third-order valence-corrected chi connectivity index (χ3v) is 2.06. The molecule has 15 heavy (non-hydrogen) atoms. The van der Waals surface area contributed by atoms with Crippen LogP contribution in [0.1, 0.15) is 25.3 Å². The van der Waals surface area contributed by atoms with Crippen molar-refractivity contribution in [3.8, 4) is 0 Å². The number of aryl methyl sites for hydroxylation is 1. The SMILES string of the molecule is CCCCn1cc(C(F)(F)F)ccc1=O. The van der Waals surface area contributed by atoms with Crippen LogP contribution in [-0.4, -0.2) is 4.57 Å². The van der Waals surface area contributed by atoms with Gasteiger partial charge in [-0.2, -0.15) is 13.2 Å². The Morgan fingerprint density at radius 2 is 2.00 bits per heavy atom. The van der Waals surface area contributed by atoms with Gasteiger partial charge < -0.3 is 4.57 Å². The molecule has 1 aromatic rings. The molecule has 0 aliphatic carbocycles. The molecular formula is C10H12F3NO. The van der Waals surface area contributed by atoms with Crippen LogP contribution in [0.4, 0.5) is 13.2 Å². The van der Waals surface area contributed by atoms with Gasteiger partial charge >= 0.3 is 6.18 Å². The van der Waals surface area contributed by atoms with E-state index < -0.39 is 17.3 Å². The van der Waals surface area contributed by atoms with Crippen molar-refractivity contribution in [2.75, 3.05) is 0 Å². The van der Waals surface area contributed by atoms with Crippen molar-refractivity contribution in [3.63, 3.8) is 0 Å². The van der Waals surface area contributed by atoms with Crippen LogP contribution in [-0.2, 0) is 12.7 Å². The first-order valence-corrected chi connectivity index (χ1v) is 4.73.